The molecule has 2 heterocycles. The van der Waals surface area contributed by atoms with Crippen LogP contribution in [-0.4, -0.2) is 150 Å². The Bertz CT molecular complexity index is 1830. The lowest BCUT2D eigenvalue weighted by molar-refractivity contribution is -0.166. The van der Waals surface area contributed by atoms with Crippen LogP contribution in [0, 0.1) is 0 Å². The Morgan fingerprint density at radius 2 is 1.24 bits per heavy atom. The first kappa shape index (κ1) is 47.8. The van der Waals surface area contributed by atoms with Crippen LogP contribution >= 0.6 is 11.3 Å². The molecule has 23 nitrogen and oxygen atoms in total. The summed E-state index contributed by atoms with van der Waals surface area (Å²) in [5.41, 5.74) is 0.142. The number of carbonyl (C=O) groups is 9. The Labute approximate surface area is 317 Å². The van der Waals surface area contributed by atoms with Crippen LogP contribution in [0.25, 0.3) is 0 Å². The predicted molar refractivity (Wildman–Crippen MR) is 179 cm³/mol. The van der Waals surface area contributed by atoms with Gasteiger partial charge in [-0.25, -0.2) is 45.9 Å². The number of likely N-dealkylation sites (N-methyl/N-ethyl adjacent to an activating group) is 2. The molecule has 1 aromatic rings. The molecule has 0 saturated heterocycles. The Hall–Kier alpha value is -5.21. The molecular weight excluding hydrogens is 807 g/mol. The topological polar surface area (TPSA) is 330 Å². The first-order valence-electron chi connectivity index (χ1n) is 15.4. The summed E-state index contributed by atoms with van der Waals surface area (Å²) in [6, 6.07) is 0.373. The number of sulfone groups is 1. The monoisotopic (exact) mass is 845 g/mol. The number of fused-ring (bicyclic) bond motifs is 1. The van der Waals surface area contributed by atoms with E-state index in [0.717, 1.165) is 24.8 Å². The van der Waals surface area contributed by atoms with E-state index in [1.807, 2.05) is 0 Å². The number of aliphatic carboxylic acids is 1. The third-order valence-corrected chi connectivity index (χ3v) is 12.0. The molecule has 0 fully saturated rings. The summed E-state index contributed by atoms with van der Waals surface area (Å²) in [7, 11) is -6.74. The molecule has 1 aliphatic heterocycles. The third kappa shape index (κ3) is 16.4. The SMILES string of the molecule is CC(=O)OCC(=O)OCC(=O)OCC(=O)O.CCN(C(=O)CN(C)C(=O)COC(=O)COC(=O)COC(C)=O)[C@H]1C[C@H](C)S(=O)(=O)c2sc(S(N)(=O)=O)cc21. The Kier molecular flexibility index (Phi) is 18.8. The second-order valence-corrected chi connectivity index (χ2v) is 16.4. The van der Waals surface area contributed by atoms with Gasteiger partial charge >= 0.3 is 41.8 Å². The molecule has 2 atom stereocenters. The number of hydrogen-bond acceptors (Lipinski definition) is 20. The number of ether oxygens (including phenoxy) is 6. The number of hydrogen-bond donors (Lipinski definition) is 2. The van der Waals surface area contributed by atoms with Gasteiger partial charge in [0.1, 0.15) is 8.42 Å². The van der Waals surface area contributed by atoms with Crippen molar-refractivity contribution in [1.29, 1.82) is 0 Å². The lowest BCUT2D eigenvalue weighted by atomic mass is 10.0. The standard InChI is InChI=1S/C21H29N3O12S3.C8H10O8/c1-5-24(15-6-12(2)38(30,31)21-14(15)7-20(37-21)39(22,32)33)16(26)8-23(4)17(27)9-35-19(29)11-36-18(28)10-34-13(3)25;1-5(9)14-3-7(12)16-4-8(13)15-2-6(10)11/h7,12,15H,5-6,8-11H2,1-4H3,(H2,22,32,33);2-4H2,1H3,(H,10,11)/t12-,15-;/m0./s1. The normalized spacial score (nSPS) is 15.3. The second-order valence-electron chi connectivity index (χ2n) is 11.0. The first-order chi connectivity index (χ1) is 25.4. The lowest BCUT2D eigenvalue weighted by Gasteiger charge is -2.36. The smallest absolute Gasteiger partial charge is 0.344 e. The van der Waals surface area contributed by atoms with Gasteiger partial charge in [-0.05, 0) is 26.3 Å². The van der Waals surface area contributed by atoms with Gasteiger partial charge in [0, 0.05) is 33.0 Å². The summed E-state index contributed by atoms with van der Waals surface area (Å²) < 4.78 is 75.3. The highest BCUT2D eigenvalue weighted by Gasteiger charge is 2.42. The van der Waals surface area contributed by atoms with Crippen LogP contribution < -0.4 is 5.14 Å². The summed E-state index contributed by atoms with van der Waals surface area (Å²) >= 11 is 0.529. The molecule has 0 saturated carbocycles. The van der Waals surface area contributed by atoms with Crippen LogP contribution in [0.15, 0.2) is 14.5 Å². The predicted octanol–water partition coefficient (Wildman–Crippen LogP) is -2.32. The number of amides is 2. The lowest BCUT2D eigenvalue weighted by Crippen LogP contribution is -2.45. The minimum atomic E-state index is -4.19. The highest BCUT2D eigenvalue weighted by Crippen LogP contribution is 2.45. The molecular formula is C29H39N3O20S3. The molecule has 0 aromatic carbocycles. The summed E-state index contributed by atoms with van der Waals surface area (Å²) in [6.45, 7) is 0.520. The molecule has 0 unspecified atom stereocenters. The van der Waals surface area contributed by atoms with Crippen LogP contribution in [0.1, 0.15) is 45.7 Å². The van der Waals surface area contributed by atoms with Gasteiger partial charge in [-0.1, -0.05) is 0 Å². The fourth-order valence-electron chi connectivity index (χ4n) is 4.12. The Morgan fingerprint density at radius 3 is 1.65 bits per heavy atom. The van der Waals surface area contributed by atoms with Crippen molar-refractivity contribution in [2.45, 2.75) is 53.8 Å². The summed E-state index contributed by atoms with van der Waals surface area (Å²) in [6.07, 6.45) is 0.00115. The van der Waals surface area contributed by atoms with Gasteiger partial charge in [0.05, 0.1) is 17.8 Å². The third-order valence-electron chi connectivity index (χ3n) is 6.72. The number of carboxylic acids is 1. The van der Waals surface area contributed by atoms with E-state index in [1.165, 1.54) is 18.9 Å². The quantitative estimate of drug-likeness (QED) is 0.123. The summed E-state index contributed by atoms with van der Waals surface area (Å²) in [5, 5.41) is 12.4. The second kappa shape index (κ2) is 21.6. The van der Waals surface area contributed by atoms with Crippen molar-refractivity contribution < 1.29 is 93.5 Å². The minimum Gasteiger partial charge on any atom is -0.479 e. The van der Waals surface area contributed by atoms with E-state index in [4.69, 9.17) is 15.0 Å². The fourth-order valence-corrected chi connectivity index (χ4v) is 8.52. The number of carboxylic acid groups (broad SMARTS) is 1. The number of esters is 6. The number of nitrogens with two attached hydrogens (primary N) is 1. The molecule has 2 rings (SSSR count). The molecule has 55 heavy (non-hydrogen) atoms. The molecule has 0 radical (unpaired) electrons. The zero-order valence-corrected chi connectivity index (χ0v) is 32.4. The number of thiophene rings is 1. The van der Waals surface area contributed by atoms with Gasteiger partial charge in [-0.2, -0.15) is 0 Å². The zero-order chi connectivity index (χ0) is 42.3. The van der Waals surface area contributed by atoms with Crippen molar-refractivity contribution in [3.8, 4) is 0 Å². The van der Waals surface area contributed by atoms with E-state index in [2.05, 4.69) is 23.7 Å². The molecule has 0 spiro atoms. The van der Waals surface area contributed by atoms with E-state index >= 15 is 0 Å². The molecule has 26 heteroatoms. The van der Waals surface area contributed by atoms with E-state index in [1.54, 1.807) is 6.92 Å². The van der Waals surface area contributed by atoms with Gasteiger partial charge < -0.3 is 43.3 Å². The molecule has 2 amide bonds. The number of sulfonamides is 1. The van der Waals surface area contributed by atoms with Crippen molar-refractivity contribution >= 4 is 84.8 Å². The van der Waals surface area contributed by atoms with Crippen LogP contribution in [-0.2, 0) is 91.4 Å². The maximum Gasteiger partial charge on any atom is 0.344 e. The first-order valence-corrected chi connectivity index (χ1v) is 19.4. The number of carbonyl (C=O) groups excluding carboxylic acids is 8. The fraction of sp³-hybridized carbons (Fsp3) is 0.552. The molecule has 0 bridgehead atoms. The Morgan fingerprint density at radius 1 is 0.800 bits per heavy atom. The molecule has 308 valence electrons. The van der Waals surface area contributed by atoms with E-state index in [-0.39, 0.29) is 26.9 Å². The highest BCUT2D eigenvalue weighted by atomic mass is 32.3. The summed E-state index contributed by atoms with van der Waals surface area (Å²) in [4.78, 5) is 103. The molecule has 0 aliphatic carbocycles. The zero-order valence-electron chi connectivity index (χ0n) is 30.0. The number of rotatable bonds is 17. The largest absolute Gasteiger partial charge is 0.479 e. The molecule has 1 aliphatic rings. The van der Waals surface area contributed by atoms with E-state index in [0.29, 0.717) is 11.3 Å². The van der Waals surface area contributed by atoms with Crippen molar-refractivity contribution in [3.05, 3.63) is 11.6 Å². The minimum absolute atomic E-state index is 0.00115. The van der Waals surface area contributed by atoms with Gasteiger partial charge in [-0.3, -0.25) is 19.2 Å². The van der Waals surface area contributed by atoms with Crippen molar-refractivity contribution in [2.75, 3.05) is 59.8 Å². The van der Waals surface area contributed by atoms with Gasteiger partial charge in [-0.15, -0.1) is 11.3 Å². The summed E-state index contributed by atoms with van der Waals surface area (Å²) in [5.74, 6) is -8.00. The van der Waals surface area contributed by atoms with Gasteiger partial charge in [0.15, 0.2) is 49.5 Å². The number of primary sulfonamides is 1. The van der Waals surface area contributed by atoms with E-state index < -0.39 is 131 Å². The average molecular weight is 846 g/mol. The molecule has 1 aromatic heterocycles. The Balaban J connectivity index is 0.000000793. The number of nitrogens with zero attached hydrogens (tertiary/aromatic N) is 2. The van der Waals surface area contributed by atoms with Crippen LogP contribution in [0.4, 0.5) is 0 Å². The molecule has 3 N–H and O–H groups in total. The maximum atomic E-state index is 13.1. The van der Waals surface area contributed by atoms with Crippen molar-refractivity contribution in [1.82, 2.24) is 9.80 Å². The van der Waals surface area contributed by atoms with Gasteiger partial charge in [0.2, 0.25) is 15.9 Å². The van der Waals surface area contributed by atoms with Gasteiger partial charge in [0.25, 0.3) is 5.91 Å². The van der Waals surface area contributed by atoms with Crippen molar-refractivity contribution in [2.24, 2.45) is 5.14 Å². The van der Waals surface area contributed by atoms with Crippen LogP contribution in [0.3, 0.4) is 0 Å². The maximum absolute atomic E-state index is 13.1. The van der Waals surface area contributed by atoms with Crippen LogP contribution in [0.2, 0.25) is 0 Å². The average Bonchev–Trinajstić information content (AvgIpc) is 3.57. The van der Waals surface area contributed by atoms with Crippen LogP contribution in [0.5, 0.6) is 0 Å². The van der Waals surface area contributed by atoms with E-state index in [9.17, 15) is 60.0 Å². The van der Waals surface area contributed by atoms with Crippen molar-refractivity contribution in [3.63, 3.8) is 0 Å². The highest BCUT2D eigenvalue weighted by molar-refractivity contribution is 7.95.